The Labute approximate surface area is 68.6 Å². The molecule has 0 unspecified atom stereocenters. The van der Waals surface area contributed by atoms with Crippen LogP contribution in [0.1, 0.15) is 12.5 Å². The molecule has 0 fully saturated rings. The van der Waals surface area contributed by atoms with Gasteiger partial charge in [-0.1, -0.05) is 6.92 Å². The van der Waals surface area contributed by atoms with Crippen molar-refractivity contribution in [3.8, 4) is 12.0 Å². The Morgan fingerprint density at radius 2 is 2.33 bits per heavy atom. The van der Waals surface area contributed by atoms with Gasteiger partial charge < -0.3 is 14.3 Å². The number of hydrogen-bond donors (Lipinski definition) is 1. The molecule has 0 aliphatic heterocycles. The molecule has 66 valence electrons. The summed E-state index contributed by atoms with van der Waals surface area (Å²) in [5.74, 6) is -0.328. The first-order valence-corrected chi connectivity index (χ1v) is 3.46. The van der Waals surface area contributed by atoms with E-state index in [1.165, 1.54) is 7.11 Å². The number of aromatic nitrogens is 1. The standard InChI is InChI=1S/C7H9NO4/c1-3-4-5(9)8-7(11-2)12-6(4)10/h9H,3H2,1-2H3. The number of hydrogen-bond acceptors (Lipinski definition) is 5. The van der Waals surface area contributed by atoms with Crippen molar-refractivity contribution in [2.45, 2.75) is 13.3 Å². The first kappa shape index (κ1) is 8.58. The van der Waals surface area contributed by atoms with E-state index in [1.807, 2.05) is 0 Å². The molecule has 0 radical (unpaired) electrons. The molecule has 1 aromatic rings. The minimum absolute atomic E-state index is 0.163. The second-order valence-electron chi connectivity index (χ2n) is 2.13. The second-order valence-corrected chi connectivity index (χ2v) is 2.13. The van der Waals surface area contributed by atoms with Gasteiger partial charge in [0.05, 0.1) is 12.7 Å². The summed E-state index contributed by atoms with van der Waals surface area (Å²) in [5, 5.41) is 9.15. The Bertz CT molecular complexity index is 331. The predicted molar refractivity (Wildman–Crippen MR) is 40.4 cm³/mol. The number of nitrogens with zero attached hydrogens (tertiary/aromatic N) is 1. The van der Waals surface area contributed by atoms with Gasteiger partial charge in [-0.2, -0.15) is 0 Å². The molecule has 0 spiro atoms. The summed E-state index contributed by atoms with van der Waals surface area (Å²) >= 11 is 0. The predicted octanol–water partition coefficient (Wildman–Crippen LogP) is 0.311. The maximum Gasteiger partial charge on any atom is 0.399 e. The van der Waals surface area contributed by atoms with Crippen LogP contribution < -0.4 is 10.4 Å². The van der Waals surface area contributed by atoms with Crippen molar-refractivity contribution in [3.05, 3.63) is 16.0 Å². The molecule has 0 saturated heterocycles. The summed E-state index contributed by atoms with van der Waals surface area (Å²) in [6.45, 7) is 1.72. The Morgan fingerprint density at radius 1 is 1.67 bits per heavy atom. The molecule has 1 N–H and O–H groups in total. The van der Waals surface area contributed by atoms with E-state index in [0.717, 1.165) is 0 Å². The number of methoxy groups -OCH3 is 1. The Balaban J connectivity index is 3.28. The van der Waals surface area contributed by atoms with Crippen LogP contribution in [0, 0.1) is 0 Å². The summed E-state index contributed by atoms with van der Waals surface area (Å²) in [5.41, 5.74) is -0.447. The summed E-state index contributed by atoms with van der Waals surface area (Å²) in [4.78, 5) is 14.5. The molecule has 0 bridgehead atoms. The normalized spacial score (nSPS) is 9.83. The van der Waals surface area contributed by atoms with Crippen LogP contribution in [0.5, 0.6) is 12.0 Å². The first-order valence-electron chi connectivity index (χ1n) is 3.46. The van der Waals surface area contributed by atoms with E-state index in [2.05, 4.69) is 14.1 Å². The maximum atomic E-state index is 11.0. The van der Waals surface area contributed by atoms with E-state index in [4.69, 9.17) is 5.11 Å². The average molecular weight is 171 g/mol. The molecular formula is C7H9NO4. The highest BCUT2D eigenvalue weighted by Crippen LogP contribution is 2.13. The van der Waals surface area contributed by atoms with E-state index in [1.54, 1.807) is 6.92 Å². The van der Waals surface area contributed by atoms with Gasteiger partial charge in [0.15, 0.2) is 0 Å². The number of aromatic hydroxyl groups is 1. The Hall–Kier alpha value is -1.52. The van der Waals surface area contributed by atoms with Crippen LogP contribution in [0.15, 0.2) is 9.21 Å². The van der Waals surface area contributed by atoms with Crippen molar-refractivity contribution in [2.24, 2.45) is 0 Å². The average Bonchev–Trinajstić information content (AvgIpc) is 2.03. The lowest BCUT2D eigenvalue weighted by atomic mass is 10.3. The van der Waals surface area contributed by atoms with Crippen LogP contribution >= 0.6 is 0 Å². The Morgan fingerprint density at radius 3 is 2.75 bits per heavy atom. The molecule has 5 nitrogen and oxygen atoms in total. The smallest absolute Gasteiger partial charge is 0.399 e. The van der Waals surface area contributed by atoms with Crippen molar-refractivity contribution in [1.82, 2.24) is 4.98 Å². The molecule has 1 aromatic heterocycles. The van der Waals surface area contributed by atoms with Crippen LogP contribution in [0.25, 0.3) is 0 Å². The van der Waals surface area contributed by atoms with Gasteiger partial charge in [0, 0.05) is 0 Å². The molecule has 5 heteroatoms. The van der Waals surface area contributed by atoms with Crippen LogP contribution in [0.4, 0.5) is 0 Å². The van der Waals surface area contributed by atoms with Gasteiger partial charge in [-0.15, -0.1) is 4.98 Å². The zero-order valence-corrected chi connectivity index (χ0v) is 6.83. The van der Waals surface area contributed by atoms with E-state index in [0.29, 0.717) is 6.42 Å². The minimum Gasteiger partial charge on any atom is -0.493 e. The molecule has 0 aliphatic carbocycles. The minimum atomic E-state index is -0.609. The summed E-state index contributed by atoms with van der Waals surface area (Å²) in [6.07, 6.45) is 0.153. The topological polar surface area (TPSA) is 72.6 Å². The van der Waals surface area contributed by atoms with Gasteiger partial charge in [-0.05, 0) is 6.42 Å². The highest BCUT2D eigenvalue weighted by molar-refractivity contribution is 5.21. The fraction of sp³-hybridized carbons (Fsp3) is 0.429. The van der Waals surface area contributed by atoms with Gasteiger partial charge in [0.1, 0.15) is 0 Å². The maximum absolute atomic E-state index is 11.0. The first-order chi connectivity index (χ1) is 5.69. The molecular weight excluding hydrogens is 162 g/mol. The number of ether oxygens (including phenoxy) is 1. The zero-order valence-electron chi connectivity index (χ0n) is 6.83. The van der Waals surface area contributed by atoms with Gasteiger partial charge in [0.2, 0.25) is 5.88 Å². The SMILES string of the molecule is CCc1c(O)nc(OC)oc1=O. The van der Waals surface area contributed by atoms with E-state index in [9.17, 15) is 4.79 Å². The molecule has 1 rings (SSSR count). The third-order valence-electron chi connectivity index (χ3n) is 1.42. The molecule has 0 aromatic carbocycles. The van der Waals surface area contributed by atoms with Gasteiger partial charge in [-0.3, -0.25) is 0 Å². The largest absolute Gasteiger partial charge is 0.493 e. The highest BCUT2D eigenvalue weighted by Gasteiger charge is 2.10. The van der Waals surface area contributed by atoms with Crippen molar-refractivity contribution in [1.29, 1.82) is 0 Å². The summed E-state index contributed by atoms with van der Waals surface area (Å²) in [7, 11) is 1.30. The van der Waals surface area contributed by atoms with Crippen molar-refractivity contribution in [3.63, 3.8) is 0 Å². The van der Waals surface area contributed by atoms with Crippen molar-refractivity contribution in [2.75, 3.05) is 7.11 Å². The van der Waals surface area contributed by atoms with Crippen LogP contribution in [-0.4, -0.2) is 17.2 Å². The molecule has 0 atom stereocenters. The molecule has 12 heavy (non-hydrogen) atoms. The lowest BCUT2D eigenvalue weighted by Crippen LogP contribution is -2.08. The quantitative estimate of drug-likeness (QED) is 0.693. The van der Waals surface area contributed by atoms with Crippen molar-refractivity contribution >= 4 is 0 Å². The fourth-order valence-corrected chi connectivity index (χ4v) is 0.799. The lowest BCUT2D eigenvalue weighted by molar-refractivity contribution is 0.254. The molecule has 0 amide bonds. The summed E-state index contributed by atoms with van der Waals surface area (Å²) in [6, 6.07) is 0. The second kappa shape index (κ2) is 3.25. The van der Waals surface area contributed by atoms with E-state index in [-0.39, 0.29) is 17.5 Å². The zero-order chi connectivity index (χ0) is 9.14. The van der Waals surface area contributed by atoms with Crippen molar-refractivity contribution < 1.29 is 14.3 Å². The van der Waals surface area contributed by atoms with E-state index >= 15 is 0 Å². The highest BCUT2D eigenvalue weighted by atomic mass is 16.6. The van der Waals surface area contributed by atoms with E-state index < -0.39 is 5.63 Å². The summed E-state index contributed by atoms with van der Waals surface area (Å²) < 4.78 is 9.12. The third kappa shape index (κ3) is 1.39. The monoisotopic (exact) mass is 171 g/mol. The van der Waals surface area contributed by atoms with Gasteiger partial charge in [0.25, 0.3) is 0 Å². The molecule has 1 heterocycles. The molecule has 0 saturated carbocycles. The third-order valence-corrected chi connectivity index (χ3v) is 1.42. The van der Waals surface area contributed by atoms with Crippen LogP contribution in [0.2, 0.25) is 0 Å². The Kier molecular flexibility index (Phi) is 2.32. The van der Waals surface area contributed by atoms with Crippen LogP contribution in [-0.2, 0) is 6.42 Å². The van der Waals surface area contributed by atoms with Crippen LogP contribution in [0.3, 0.4) is 0 Å². The lowest BCUT2D eigenvalue weighted by Gasteiger charge is -1.99. The number of rotatable bonds is 2. The van der Waals surface area contributed by atoms with Gasteiger partial charge >= 0.3 is 11.7 Å². The van der Waals surface area contributed by atoms with Gasteiger partial charge in [-0.25, -0.2) is 4.79 Å². The molecule has 0 aliphatic rings. The fourth-order valence-electron chi connectivity index (χ4n) is 0.799.